The number of carbonyl (C=O) groups excluding carboxylic acids is 1. The van der Waals surface area contributed by atoms with Gasteiger partial charge in [0.2, 0.25) is 5.82 Å². The van der Waals surface area contributed by atoms with Gasteiger partial charge in [-0.1, -0.05) is 12.1 Å². The normalized spacial score (nSPS) is 10.6. The summed E-state index contributed by atoms with van der Waals surface area (Å²) in [6.07, 6.45) is 0. The molecule has 1 heterocycles. The Balaban J connectivity index is 1.60. The van der Waals surface area contributed by atoms with E-state index in [1.54, 1.807) is 44.6 Å². The lowest BCUT2D eigenvalue weighted by atomic mass is 10.2. The van der Waals surface area contributed by atoms with Gasteiger partial charge in [-0.2, -0.15) is 0 Å². The Morgan fingerprint density at radius 3 is 2.50 bits per heavy atom. The van der Waals surface area contributed by atoms with Crippen LogP contribution in [0.1, 0.15) is 16.2 Å². The molecular formula is C24H21FN4O3. The van der Waals surface area contributed by atoms with Gasteiger partial charge in [0.25, 0.3) is 5.91 Å². The van der Waals surface area contributed by atoms with Gasteiger partial charge in [-0.3, -0.25) is 4.79 Å². The number of anilines is 2. The molecular weight excluding hydrogens is 411 g/mol. The number of nitrogens with zero attached hydrogens (tertiary/aromatic N) is 2. The van der Waals surface area contributed by atoms with Crippen LogP contribution in [0, 0.1) is 5.82 Å². The molecule has 0 saturated carbocycles. The fourth-order valence-corrected chi connectivity index (χ4v) is 3.20. The second-order valence-electron chi connectivity index (χ2n) is 6.91. The van der Waals surface area contributed by atoms with Crippen LogP contribution >= 0.6 is 0 Å². The van der Waals surface area contributed by atoms with Crippen molar-refractivity contribution in [2.75, 3.05) is 19.5 Å². The number of hydrogen-bond acceptors (Lipinski definition) is 6. The quantitative estimate of drug-likeness (QED) is 0.449. The van der Waals surface area contributed by atoms with E-state index in [0.29, 0.717) is 28.5 Å². The lowest BCUT2D eigenvalue weighted by molar-refractivity contribution is 0.0940. The number of benzene rings is 3. The zero-order valence-corrected chi connectivity index (χ0v) is 17.6. The highest BCUT2D eigenvalue weighted by molar-refractivity contribution is 5.97. The first-order valence-corrected chi connectivity index (χ1v) is 9.86. The maximum Gasteiger partial charge on any atom is 0.289 e. The smallest absolute Gasteiger partial charge is 0.289 e. The monoisotopic (exact) mass is 432 g/mol. The number of halogens is 1. The Labute approximate surface area is 184 Å². The summed E-state index contributed by atoms with van der Waals surface area (Å²) in [5, 5.41) is 6.71. The number of ether oxygens (including phenoxy) is 2. The average molecular weight is 432 g/mol. The summed E-state index contributed by atoms with van der Waals surface area (Å²) in [5.74, 6) is 0.956. The predicted molar refractivity (Wildman–Crippen MR) is 120 cm³/mol. The SMILES string of the molecule is COc1ccc(CNC(=O)c2nc(Nc3ccc(F)cc3)c3ccccc3n2)c(OC)c1. The first-order valence-electron chi connectivity index (χ1n) is 9.86. The topological polar surface area (TPSA) is 85.4 Å². The molecule has 32 heavy (non-hydrogen) atoms. The van der Waals surface area contributed by atoms with Crippen molar-refractivity contribution in [3.8, 4) is 11.5 Å². The molecule has 4 aromatic rings. The Kier molecular flexibility index (Phi) is 6.12. The van der Waals surface area contributed by atoms with Gasteiger partial charge in [-0.05, 0) is 48.5 Å². The van der Waals surface area contributed by atoms with Gasteiger partial charge in [0.15, 0.2) is 0 Å². The summed E-state index contributed by atoms with van der Waals surface area (Å²) in [4.78, 5) is 21.7. The number of carbonyl (C=O) groups is 1. The average Bonchev–Trinajstić information content (AvgIpc) is 2.83. The highest BCUT2D eigenvalue weighted by atomic mass is 19.1. The zero-order valence-electron chi connectivity index (χ0n) is 17.6. The van der Waals surface area contributed by atoms with Gasteiger partial charge in [0, 0.05) is 29.2 Å². The molecule has 3 aromatic carbocycles. The summed E-state index contributed by atoms with van der Waals surface area (Å²) in [6, 6.07) is 18.6. The number of rotatable bonds is 7. The fourth-order valence-electron chi connectivity index (χ4n) is 3.20. The highest BCUT2D eigenvalue weighted by Gasteiger charge is 2.15. The molecule has 0 bridgehead atoms. The van der Waals surface area contributed by atoms with E-state index in [1.807, 2.05) is 24.3 Å². The van der Waals surface area contributed by atoms with Gasteiger partial charge < -0.3 is 20.1 Å². The Morgan fingerprint density at radius 2 is 1.75 bits per heavy atom. The van der Waals surface area contributed by atoms with E-state index >= 15 is 0 Å². The molecule has 0 saturated heterocycles. The van der Waals surface area contributed by atoms with Crippen LogP contribution in [0.2, 0.25) is 0 Å². The van der Waals surface area contributed by atoms with Crippen molar-refractivity contribution >= 4 is 28.3 Å². The third-order valence-electron chi connectivity index (χ3n) is 4.85. The van der Waals surface area contributed by atoms with Crippen molar-refractivity contribution in [3.05, 3.63) is 83.9 Å². The van der Waals surface area contributed by atoms with E-state index < -0.39 is 5.91 Å². The molecule has 0 atom stereocenters. The Morgan fingerprint density at radius 1 is 0.969 bits per heavy atom. The molecule has 162 valence electrons. The van der Waals surface area contributed by atoms with Crippen molar-refractivity contribution in [3.63, 3.8) is 0 Å². The number of amides is 1. The number of nitrogens with one attached hydrogen (secondary N) is 2. The van der Waals surface area contributed by atoms with Crippen molar-refractivity contribution in [2.24, 2.45) is 0 Å². The number of methoxy groups -OCH3 is 2. The standard InChI is InChI=1S/C24H21FN4O3/c1-31-18-12-7-15(21(13-18)32-2)14-26-24(30)23-28-20-6-4-3-5-19(20)22(29-23)27-17-10-8-16(25)9-11-17/h3-13H,14H2,1-2H3,(H,26,30)(H,27,28,29). The van der Waals surface area contributed by atoms with E-state index in [2.05, 4.69) is 20.6 Å². The fraction of sp³-hybridized carbons (Fsp3) is 0.125. The lowest BCUT2D eigenvalue weighted by Gasteiger charge is -2.13. The summed E-state index contributed by atoms with van der Waals surface area (Å²) in [5.41, 5.74) is 2.04. The van der Waals surface area contributed by atoms with Crippen molar-refractivity contribution in [2.45, 2.75) is 6.54 Å². The molecule has 4 rings (SSSR count). The van der Waals surface area contributed by atoms with Crippen LogP contribution in [0.3, 0.4) is 0 Å². The van der Waals surface area contributed by atoms with Crippen molar-refractivity contribution in [1.82, 2.24) is 15.3 Å². The zero-order chi connectivity index (χ0) is 22.5. The van der Waals surface area contributed by atoms with Crippen LogP contribution in [0.4, 0.5) is 15.9 Å². The molecule has 0 unspecified atom stereocenters. The molecule has 0 aliphatic carbocycles. The van der Waals surface area contributed by atoms with Gasteiger partial charge in [0.1, 0.15) is 23.1 Å². The van der Waals surface area contributed by atoms with Gasteiger partial charge >= 0.3 is 0 Å². The second kappa shape index (κ2) is 9.30. The number of fused-ring (bicyclic) bond motifs is 1. The van der Waals surface area contributed by atoms with Crippen LogP contribution in [0.5, 0.6) is 11.5 Å². The van der Waals surface area contributed by atoms with E-state index in [-0.39, 0.29) is 18.2 Å². The molecule has 8 heteroatoms. The van der Waals surface area contributed by atoms with Crippen molar-refractivity contribution < 1.29 is 18.7 Å². The largest absolute Gasteiger partial charge is 0.497 e. The summed E-state index contributed by atoms with van der Waals surface area (Å²) < 4.78 is 23.8. The van der Waals surface area contributed by atoms with Crippen LogP contribution in [0.15, 0.2) is 66.7 Å². The maximum atomic E-state index is 13.2. The summed E-state index contributed by atoms with van der Waals surface area (Å²) >= 11 is 0. The molecule has 0 radical (unpaired) electrons. The van der Waals surface area contributed by atoms with E-state index in [9.17, 15) is 9.18 Å². The molecule has 0 aliphatic rings. The van der Waals surface area contributed by atoms with Gasteiger partial charge in [0.05, 0.1) is 19.7 Å². The highest BCUT2D eigenvalue weighted by Crippen LogP contribution is 2.26. The van der Waals surface area contributed by atoms with E-state index in [4.69, 9.17) is 9.47 Å². The molecule has 7 nitrogen and oxygen atoms in total. The third-order valence-corrected chi connectivity index (χ3v) is 4.85. The minimum Gasteiger partial charge on any atom is -0.497 e. The van der Waals surface area contributed by atoms with E-state index in [0.717, 1.165) is 10.9 Å². The number of aromatic nitrogens is 2. The van der Waals surface area contributed by atoms with Crippen molar-refractivity contribution in [1.29, 1.82) is 0 Å². The minimum atomic E-state index is -0.434. The van der Waals surface area contributed by atoms with Crippen LogP contribution in [-0.4, -0.2) is 30.1 Å². The number of hydrogen-bond donors (Lipinski definition) is 2. The van der Waals surface area contributed by atoms with Crippen LogP contribution in [-0.2, 0) is 6.54 Å². The summed E-state index contributed by atoms with van der Waals surface area (Å²) in [7, 11) is 3.13. The van der Waals surface area contributed by atoms with E-state index in [1.165, 1.54) is 12.1 Å². The first-order chi connectivity index (χ1) is 15.6. The molecule has 0 spiro atoms. The molecule has 1 amide bonds. The predicted octanol–water partition coefficient (Wildman–Crippen LogP) is 4.46. The Hall–Kier alpha value is -4.20. The summed E-state index contributed by atoms with van der Waals surface area (Å²) in [6.45, 7) is 0.225. The van der Waals surface area contributed by atoms with Gasteiger partial charge in [-0.25, -0.2) is 14.4 Å². The molecule has 2 N–H and O–H groups in total. The lowest BCUT2D eigenvalue weighted by Crippen LogP contribution is -2.25. The molecule has 0 fully saturated rings. The maximum absolute atomic E-state index is 13.2. The molecule has 1 aromatic heterocycles. The Bertz CT molecular complexity index is 1260. The number of para-hydroxylation sites is 1. The van der Waals surface area contributed by atoms with Crippen LogP contribution in [0.25, 0.3) is 10.9 Å². The van der Waals surface area contributed by atoms with Crippen LogP contribution < -0.4 is 20.1 Å². The second-order valence-corrected chi connectivity index (χ2v) is 6.91. The minimum absolute atomic E-state index is 0.0146. The van der Waals surface area contributed by atoms with Gasteiger partial charge in [-0.15, -0.1) is 0 Å². The molecule has 0 aliphatic heterocycles. The first kappa shape index (κ1) is 21.0. The third kappa shape index (κ3) is 4.59.